The van der Waals surface area contributed by atoms with Crippen molar-refractivity contribution in [1.82, 2.24) is 25.3 Å². The molecule has 4 rings (SSSR count). The third-order valence-corrected chi connectivity index (χ3v) is 5.07. The summed E-state index contributed by atoms with van der Waals surface area (Å²) in [5.74, 6) is -4.47. The molecular weight excluding hydrogens is 477 g/mol. The molecule has 35 heavy (non-hydrogen) atoms. The van der Waals surface area contributed by atoms with Crippen LogP contribution in [0.1, 0.15) is 32.8 Å². The zero-order valence-corrected chi connectivity index (χ0v) is 17.8. The van der Waals surface area contributed by atoms with Crippen molar-refractivity contribution >= 4 is 23.5 Å². The summed E-state index contributed by atoms with van der Waals surface area (Å²) in [6.07, 6.45) is -3.40. The van der Waals surface area contributed by atoms with Crippen LogP contribution in [0.4, 0.5) is 33.6 Å². The average molecular weight is 493 g/mol. The highest BCUT2D eigenvalue weighted by Crippen LogP contribution is 2.35. The maximum absolute atomic E-state index is 13.9. The number of hydrogen-bond donors (Lipinski definition) is 1. The van der Waals surface area contributed by atoms with Crippen molar-refractivity contribution in [1.29, 1.82) is 0 Å². The van der Waals surface area contributed by atoms with Gasteiger partial charge in [0, 0.05) is 25.4 Å². The molecule has 3 heterocycles. The summed E-state index contributed by atoms with van der Waals surface area (Å²) in [5.41, 5.74) is -2.97. The summed E-state index contributed by atoms with van der Waals surface area (Å²) in [5, 5.41) is 17.6. The molecule has 0 radical (unpaired) electrons. The second kappa shape index (κ2) is 9.56. The molecule has 0 spiro atoms. The van der Waals surface area contributed by atoms with Gasteiger partial charge in [-0.25, -0.2) is 8.78 Å². The number of carbonyl (C=O) groups is 2. The number of rotatable bonds is 4. The molecule has 2 amide bonds. The molecule has 1 aliphatic heterocycles. The van der Waals surface area contributed by atoms with E-state index in [4.69, 9.17) is 0 Å². The Bertz CT molecular complexity index is 1240. The van der Waals surface area contributed by atoms with Crippen LogP contribution in [0.25, 0.3) is 0 Å². The number of benzene rings is 1. The Morgan fingerprint density at radius 2 is 1.80 bits per heavy atom. The summed E-state index contributed by atoms with van der Waals surface area (Å²) < 4.78 is 67.6. The minimum Gasteiger partial charge on any atom is -0.337 e. The molecule has 0 atom stereocenters. The Morgan fingerprint density at radius 3 is 2.46 bits per heavy atom. The van der Waals surface area contributed by atoms with E-state index < -0.39 is 40.8 Å². The van der Waals surface area contributed by atoms with Gasteiger partial charge in [-0.15, -0.1) is 15.3 Å². The predicted octanol–water partition coefficient (Wildman–Crippen LogP) is 3.13. The van der Waals surface area contributed by atoms with Gasteiger partial charge >= 0.3 is 6.18 Å². The van der Waals surface area contributed by atoms with E-state index in [0.29, 0.717) is 19.0 Å². The van der Waals surface area contributed by atoms with E-state index in [2.05, 4.69) is 25.7 Å². The van der Waals surface area contributed by atoms with Crippen molar-refractivity contribution in [3.63, 3.8) is 0 Å². The van der Waals surface area contributed by atoms with Crippen LogP contribution in [0, 0.1) is 11.6 Å². The molecule has 14 heteroatoms. The third kappa shape index (κ3) is 5.31. The van der Waals surface area contributed by atoms with Crippen LogP contribution in [0.5, 0.6) is 0 Å². The van der Waals surface area contributed by atoms with E-state index in [9.17, 15) is 31.5 Å². The zero-order chi connectivity index (χ0) is 25.2. The highest BCUT2D eigenvalue weighted by Gasteiger charge is 2.40. The first-order valence-corrected chi connectivity index (χ1v) is 10.2. The SMILES string of the molecule is O=C(Nc1cccnn1)c1ccc(N2CCCN(C(=O)c3cc(F)cc(F)c3C(F)(F)F)C2)nn1. The first kappa shape index (κ1) is 23.9. The van der Waals surface area contributed by atoms with Crippen molar-refractivity contribution in [3.8, 4) is 0 Å². The topological polar surface area (TPSA) is 104 Å². The summed E-state index contributed by atoms with van der Waals surface area (Å²) in [4.78, 5) is 27.7. The highest BCUT2D eigenvalue weighted by atomic mass is 19.4. The number of hydrogen-bond acceptors (Lipinski definition) is 7. The number of anilines is 2. The second-order valence-corrected chi connectivity index (χ2v) is 7.47. The fourth-order valence-corrected chi connectivity index (χ4v) is 3.52. The number of nitrogens with one attached hydrogen (secondary N) is 1. The number of aromatic nitrogens is 4. The van der Waals surface area contributed by atoms with Crippen molar-refractivity contribution in [2.75, 3.05) is 30.0 Å². The average Bonchev–Trinajstić information content (AvgIpc) is 2.83. The number of carbonyl (C=O) groups excluding carboxylic acids is 2. The van der Waals surface area contributed by atoms with Crippen LogP contribution in [0.15, 0.2) is 42.6 Å². The van der Waals surface area contributed by atoms with Gasteiger partial charge in [-0.05, 0) is 36.8 Å². The van der Waals surface area contributed by atoms with Gasteiger partial charge in [-0.2, -0.15) is 18.3 Å². The molecule has 182 valence electrons. The van der Waals surface area contributed by atoms with Crippen LogP contribution in [0.3, 0.4) is 0 Å². The fourth-order valence-electron chi connectivity index (χ4n) is 3.52. The molecule has 1 aromatic carbocycles. The Balaban J connectivity index is 1.50. The smallest absolute Gasteiger partial charge is 0.337 e. The lowest BCUT2D eigenvalue weighted by atomic mass is 10.0. The maximum Gasteiger partial charge on any atom is 0.420 e. The normalized spacial score (nSPS) is 14.1. The quantitative estimate of drug-likeness (QED) is 0.557. The number of nitrogens with zero attached hydrogens (tertiary/aromatic N) is 6. The Labute approximate surface area is 194 Å². The van der Waals surface area contributed by atoms with E-state index in [1.165, 1.54) is 24.4 Å². The highest BCUT2D eigenvalue weighted by molar-refractivity contribution is 6.02. The fraction of sp³-hybridized carbons (Fsp3) is 0.238. The number of halogens is 5. The van der Waals surface area contributed by atoms with Crippen molar-refractivity contribution in [3.05, 3.63) is 71.1 Å². The first-order chi connectivity index (χ1) is 16.6. The summed E-state index contributed by atoms with van der Waals surface area (Å²) in [6, 6.07) is 6.39. The molecule has 9 nitrogen and oxygen atoms in total. The van der Waals surface area contributed by atoms with Gasteiger partial charge in [0.05, 0.1) is 12.2 Å². The van der Waals surface area contributed by atoms with Gasteiger partial charge in [0.2, 0.25) is 0 Å². The minimum absolute atomic E-state index is 0.0330. The molecule has 0 unspecified atom stereocenters. The lowest BCUT2D eigenvalue weighted by Gasteiger charge is -2.36. The molecule has 1 fully saturated rings. The van der Waals surface area contributed by atoms with Gasteiger partial charge in [-0.1, -0.05) is 0 Å². The molecule has 3 aromatic rings. The lowest BCUT2D eigenvalue weighted by molar-refractivity contribution is -0.140. The zero-order valence-electron chi connectivity index (χ0n) is 17.8. The molecule has 1 N–H and O–H groups in total. The third-order valence-electron chi connectivity index (χ3n) is 5.07. The van der Waals surface area contributed by atoms with Crippen LogP contribution < -0.4 is 10.2 Å². The van der Waals surface area contributed by atoms with E-state index in [1.54, 1.807) is 11.0 Å². The van der Waals surface area contributed by atoms with Crippen LogP contribution >= 0.6 is 0 Å². The van der Waals surface area contributed by atoms with Gasteiger partial charge in [0.1, 0.15) is 17.2 Å². The predicted molar refractivity (Wildman–Crippen MR) is 111 cm³/mol. The Hall–Kier alpha value is -4.23. The van der Waals surface area contributed by atoms with E-state index in [-0.39, 0.29) is 36.6 Å². The molecule has 1 aliphatic rings. The Kier molecular flexibility index (Phi) is 6.53. The standard InChI is InChI=1S/C21H16F5N7O2/c22-12-9-13(18(14(23)10-12)21(24,25)26)20(35)33-8-2-7-32(11-33)17-5-4-15(29-31-17)19(34)28-16-3-1-6-27-30-16/h1,3-6,9-10H,2,7-8,11H2,(H,28,30,34). The van der Waals surface area contributed by atoms with Gasteiger partial charge in [-0.3, -0.25) is 9.59 Å². The molecular formula is C21H16F5N7O2. The lowest BCUT2D eigenvalue weighted by Crippen LogP contribution is -2.48. The number of amides is 2. The van der Waals surface area contributed by atoms with Crippen LogP contribution in [0.2, 0.25) is 0 Å². The monoisotopic (exact) mass is 493 g/mol. The Morgan fingerprint density at radius 1 is 1.00 bits per heavy atom. The van der Waals surface area contributed by atoms with Crippen LogP contribution in [-0.2, 0) is 6.18 Å². The van der Waals surface area contributed by atoms with Gasteiger partial charge < -0.3 is 15.1 Å². The minimum atomic E-state index is -5.19. The molecule has 2 aromatic heterocycles. The van der Waals surface area contributed by atoms with E-state index >= 15 is 0 Å². The summed E-state index contributed by atoms with van der Waals surface area (Å²) >= 11 is 0. The summed E-state index contributed by atoms with van der Waals surface area (Å²) in [7, 11) is 0. The molecule has 0 saturated carbocycles. The van der Waals surface area contributed by atoms with E-state index in [1.807, 2.05) is 0 Å². The maximum atomic E-state index is 13.9. The van der Waals surface area contributed by atoms with Crippen molar-refractivity contribution in [2.45, 2.75) is 12.6 Å². The second-order valence-electron chi connectivity index (χ2n) is 7.47. The molecule has 0 aliphatic carbocycles. The largest absolute Gasteiger partial charge is 0.420 e. The number of alkyl halides is 3. The van der Waals surface area contributed by atoms with Crippen molar-refractivity contribution < 1.29 is 31.5 Å². The summed E-state index contributed by atoms with van der Waals surface area (Å²) in [6.45, 7) is 0.248. The molecule has 1 saturated heterocycles. The molecule has 0 bridgehead atoms. The van der Waals surface area contributed by atoms with Gasteiger partial charge in [0.15, 0.2) is 17.3 Å². The van der Waals surface area contributed by atoms with Gasteiger partial charge in [0.25, 0.3) is 11.8 Å². The van der Waals surface area contributed by atoms with Crippen LogP contribution in [-0.4, -0.2) is 56.9 Å². The van der Waals surface area contributed by atoms with E-state index in [0.717, 1.165) is 4.90 Å². The van der Waals surface area contributed by atoms with Crippen molar-refractivity contribution in [2.24, 2.45) is 0 Å². The first-order valence-electron chi connectivity index (χ1n) is 10.2.